The molecule has 2 rings (SSSR count). The maximum atomic E-state index is 12.1. The first-order valence-corrected chi connectivity index (χ1v) is 7.28. The minimum Gasteiger partial charge on any atom is -0.354 e. The van der Waals surface area contributed by atoms with E-state index in [4.69, 9.17) is 0 Å². The summed E-state index contributed by atoms with van der Waals surface area (Å²) in [7, 11) is 0. The summed E-state index contributed by atoms with van der Waals surface area (Å²) >= 11 is 0. The van der Waals surface area contributed by atoms with E-state index in [9.17, 15) is 4.79 Å². The first-order chi connectivity index (χ1) is 10.0. The van der Waals surface area contributed by atoms with Crippen LogP contribution in [0.4, 0.5) is 0 Å². The fourth-order valence-corrected chi connectivity index (χ4v) is 2.49. The number of H-pyrrole nitrogens is 1. The lowest BCUT2D eigenvalue weighted by atomic mass is 10.1. The van der Waals surface area contributed by atoms with Crippen LogP contribution < -0.4 is 5.32 Å². The first-order valence-electron chi connectivity index (χ1n) is 7.28. The zero-order valence-corrected chi connectivity index (χ0v) is 13.1. The fourth-order valence-electron chi connectivity index (χ4n) is 2.49. The molecule has 114 valence electrons. The Balaban J connectivity index is 1.79. The molecule has 21 heavy (non-hydrogen) atoms. The summed E-state index contributed by atoms with van der Waals surface area (Å²) in [6.07, 6.45) is 5.37. The largest absolute Gasteiger partial charge is 0.354 e. The third kappa shape index (κ3) is 3.51. The van der Waals surface area contributed by atoms with Gasteiger partial charge in [0.25, 0.3) is 0 Å². The average Bonchev–Trinajstić information content (AvgIpc) is 3.01. The Morgan fingerprint density at radius 2 is 2.19 bits per heavy atom. The second-order valence-electron chi connectivity index (χ2n) is 5.36. The van der Waals surface area contributed by atoms with Gasteiger partial charge in [0.1, 0.15) is 11.9 Å². The van der Waals surface area contributed by atoms with Crippen LogP contribution in [0, 0.1) is 20.8 Å². The number of aromatic amines is 1. The maximum absolute atomic E-state index is 12.1. The van der Waals surface area contributed by atoms with E-state index in [1.807, 2.05) is 38.5 Å². The average molecular weight is 289 g/mol. The lowest BCUT2D eigenvalue weighted by Gasteiger charge is -2.15. The summed E-state index contributed by atoms with van der Waals surface area (Å²) in [5.74, 6) is 0.874. The van der Waals surface area contributed by atoms with Crippen LogP contribution in [-0.2, 0) is 11.2 Å². The van der Waals surface area contributed by atoms with E-state index < -0.39 is 0 Å². The van der Waals surface area contributed by atoms with Crippen LogP contribution >= 0.6 is 0 Å². The summed E-state index contributed by atoms with van der Waals surface area (Å²) < 4.78 is 1.87. The van der Waals surface area contributed by atoms with Crippen molar-refractivity contribution in [3.05, 3.63) is 35.2 Å². The van der Waals surface area contributed by atoms with E-state index in [2.05, 4.69) is 20.5 Å². The number of hydrogen-bond donors (Lipinski definition) is 2. The van der Waals surface area contributed by atoms with Gasteiger partial charge in [-0.25, -0.2) is 4.98 Å². The summed E-state index contributed by atoms with van der Waals surface area (Å²) in [5.41, 5.74) is 3.41. The van der Waals surface area contributed by atoms with Gasteiger partial charge in [-0.1, -0.05) is 0 Å². The number of nitrogens with one attached hydrogen (secondary N) is 2. The van der Waals surface area contributed by atoms with Crippen LogP contribution in [0.3, 0.4) is 0 Å². The Kier molecular flexibility index (Phi) is 4.77. The van der Waals surface area contributed by atoms with Gasteiger partial charge in [0.05, 0.1) is 5.69 Å². The molecule has 0 bridgehead atoms. The van der Waals surface area contributed by atoms with Crippen molar-refractivity contribution in [2.45, 2.75) is 46.6 Å². The molecule has 0 aliphatic carbocycles. The zero-order valence-electron chi connectivity index (χ0n) is 13.1. The highest BCUT2D eigenvalue weighted by Crippen LogP contribution is 2.12. The molecule has 1 amide bonds. The maximum Gasteiger partial charge on any atom is 0.242 e. The standard InChI is InChI=1S/C15H23N5O/c1-10-14(11(2)19-18-10)6-5-7-17-15(21)12(3)20-9-8-16-13(20)4/h8-9,12H,5-7H2,1-4H3,(H,17,21)(H,18,19). The van der Waals surface area contributed by atoms with Crippen LogP contribution in [0.5, 0.6) is 0 Å². The molecule has 0 radical (unpaired) electrons. The first kappa shape index (κ1) is 15.3. The number of aryl methyl sites for hydroxylation is 3. The molecule has 2 aromatic rings. The molecule has 0 fully saturated rings. The number of aromatic nitrogens is 4. The Morgan fingerprint density at radius 3 is 2.76 bits per heavy atom. The summed E-state index contributed by atoms with van der Waals surface area (Å²) in [5, 5.41) is 10.1. The summed E-state index contributed by atoms with van der Waals surface area (Å²) in [4.78, 5) is 16.3. The fraction of sp³-hybridized carbons (Fsp3) is 0.533. The monoisotopic (exact) mass is 289 g/mol. The molecule has 0 aromatic carbocycles. The Hall–Kier alpha value is -2.11. The molecule has 0 aliphatic rings. The highest BCUT2D eigenvalue weighted by atomic mass is 16.2. The minimum absolute atomic E-state index is 0.0248. The Morgan fingerprint density at radius 1 is 1.43 bits per heavy atom. The molecular formula is C15H23N5O. The van der Waals surface area contributed by atoms with E-state index in [0.717, 1.165) is 30.1 Å². The minimum atomic E-state index is -0.232. The Labute approximate surface area is 125 Å². The van der Waals surface area contributed by atoms with Crippen molar-refractivity contribution in [2.75, 3.05) is 6.54 Å². The number of carbonyl (C=O) groups is 1. The molecule has 1 unspecified atom stereocenters. The molecule has 0 saturated carbocycles. The van der Waals surface area contributed by atoms with Crippen LogP contribution in [0.25, 0.3) is 0 Å². The molecule has 2 N–H and O–H groups in total. The van der Waals surface area contributed by atoms with E-state index in [1.54, 1.807) is 6.20 Å². The third-order valence-electron chi connectivity index (χ3n) is 3.84. The predicted octanol–water partition coefficient (Wildman–Crippen LogP) is 1.84. The Bertz CT molecular complexity index is 594. The number of nitrogens with zero attached hydrogens (tertiary/aromatic N) is 3. The van der Waals surface area contributed by atoms with Crippen molar-refractivity contribution >= 4 is 5.91 Å². The zero-order chi connectivity index (χ0) is 15.4. The van der Waals surface area contributed by atoms with Crippen molar-refractivity contribution in [3.63, 3.8) is 0 Å². The molecule has 0 aliphatic heterocycles. The van der Waals surface area contributed by atoms with Crippen molar-refractivity contribution in [1.29, 1.82) is 0 Å². The molecule has 1 atom stereocenters. The molecule has 2 aromatic heterocycles. The second kappa shape index (κ2) is 6.56. The van der Waals surface area contributed by atoms with Gasteiger partial charge in [-0.15, -0.1) is 0 Å². The van der Waals surface area contributed by atoms with Gasteiger partial charge >= 0.3 is 0 Å². The number of amides is 1. The van der Waals surface area contributed by atoms with E-state index in [-0.39, 0.29) is 11.9 Å². The molecule has 0 spiro atoms. The summed E-state index contributed by atoms with van der Waals surface area (Å²) in [6.45, 7) is 8.47. The number of carbonyl (C=O) groups excluding carboxylic acids is 1. The van der Waals surface area contributed by atoms with Crippen LogP contribution in [0.2, 0.25) is 0 Å². The smallest absolute Gasteiger partial charge is 0.242 e. The molecular weight excluding hydrogens is 266 g/mol. The predicted molar refractivity (Wildman–Crippen MR) is 81.1 cm³/mol. The van der Waals surface area contributed by atoms with Gasteiger partial charge in [-0.2, -0.15) is 5.10 Å². The molecule has 0 saturated heterocycles. The number of hydrogen-bond acceptors (Lipinski definition) is 3. The lowest BCUT2D eigenvalue weighted by Crippen LogP contribution is -2.32. The van der Waals surface area contributed by atoms with Crippen molar-refractivity contribution < 1.29 is 4.79 Å². The van der Waals surface area contributed by atoms with Gasteiger partial charge in [-0.3, -0.25) is 9.89 Å². The van der Waals surface area contributed by atoms with Gasteiger partial charge in [0.15, 0.2) is 0 Å². The van der Waals surface area contributed by atoms with E-state index in [0.29, 0.717) is 6.54 Å². The highest BCUT2D eigenvalue weighted by molar-refractivity contribution is 5.79. The van der Waals surface area contributed by atoms with Crippen LogP contribution in [0.1, 0.15) is 42.2 Å². The third-order valence-corrected chi connectivity index (χ3v) is 3.84. The summed E-state index contributed by atoms with van der Waals surface area (Å²) in [6, 6.07) is -0.232. The lowest BCUT2D eigenvalue weighted by molar-refractivity contribution is -0.123. The molecule has 2 heterocycles. The molecule has 6 heteroatoms. The van der Waals surface area contributed by atoms with Crippen molar-refractivity contribution in [2.24, 2.45) is 0 Å². The van der Waals surface area contributed by atoms with Crippen molar-refractivity contribution in [1.82, 2.24) is 25.1 Å². The van der Waals surface area contributed by atoms with Gasteiger partial charge in [0, 0.05) is 24.6 Å². The van der Waals surface area contributed by atoms with Crippen LogP contribution in [0.15, 0.2) is 12.4 Å². The van der Waals surface area contributed by atoms with Crippen LogP contribution in [-0.4, -0.2) is 32.2 Å². The highest BCUT2D eigenvalue weighted by Gasteiger charge is 2.15. The second-order valence-corrected chi connectivity index (χ2v) is 5.36. The number of rotatable bonds is 6. The molecule has 6 nitrogen and oxygen atoms in total. The topological polar surface area (TPSA) is 75.6 Å². The van der Waals surface area contributed by atoms with Crippen molar-refractivity contribution in [3.8, 4) is 0 Å². The van der Waals surface area contributed by atoms with Gasteiger partial charge in [0.2, 0.25) is 5.91 Å². The van der Waals surface area contributed by atoms with E-state index in [1.165, 1.54) is 5.56 Å². The van der Waals surface area contributed by atoms with Gasteiger partial charge < -0.3 is 9.88 Å². The van der Waals surface area contributed by atoms with E-state index >= 15 is 0 Å². The SMILES string of the molecule is Cc1n[nH]c(C)c1CCCNC(=O)C(C)n1ccnc1C. The quantitative estimate of drug-likeness (QED) is 0.797. The number of imidazole rings is 1. The normalized spacial score (nSPS) is 12.4. The van der Waals surface area contributed by atoms with Gasteiger partial charge in [-0.05, 0) is 46.1 Å².